The maximum atomic E-state index is 12.6. The summed E-state index contributed by atoms with van der Waals surface area (Å²) >= 11 is 0. The van der Waals surface area contributed by atoms with Crippen LogP contribution in [-0.4, -0.2) is 75.9 Å². The lowest BCUT2D eigenvalue weighted by Crippen LogP contribution is -2.38. The van der Waals surface area contributed by atoms with Crippen molar-refractivity contribution in [2.24, 2.45) is 0 Å². The van der Waals surface area contributed by atoms with Gasteiger partial charge in [-0.3, -0.25) is 9.59 Å². The van der Waals surface area contributed by atoms with Gasteiger partial charge >= 0.3 is 0 Å². The number of rotatable bonds is 8. The smallest absolute Gasteiger partial charge is 0.242 e. The van der Waals surface area contributed by atoms with E-state index in [9.17, 15) is 26.4 Å². The highest BCUT2D eigenvalue weighted by molar-refractivity contribution is 7.91. The molecule has 0 bridgehead atoms. The highest BCUT2D eigenvalue weighted by Gasteiger charge is 2.32. The minimum Gasteiger partial charge on any atom is -0.342 e. The number of ketones is 1. The van der Waals surface area contributed by atoms with Gasteiger partial charge in [-0.25, -0.2) is 21.1 Å². The summed E-state index contributed by atoms with van der Waals surface area (Å²) in [6.07, 6.45) is 0.898. The predicted molar refractivity (Wildman–Crippen MR) is 105 cm³/mol. The Morgan fingerprint density at radius 1 is 1.14 bits per heavy atom. The summed E-state index contributed by atoms with van der Waals surface area (Å²) in [5, 5.41) is 0. The van der Waals surface area contributed by atoms with E-state index in [4.69, 9.17) is 0 Å². The number of amides is 1. The van der Waals surface area contributed by atoms with Crippen LogP contribution in [0.5, 0.6) is 0 Å². The van der Waals surface area contributed by atoms with E-state index in [0.29, 0.717) is 18.4 Å². The molecule has 0 aromatic heterocycles. The van der Waals surface area contributed by atoms with Gasteiger partial charge in [0.05, 0.1) is 16.4 Å². The topological polar surface area (TPSA) is 109 Å². The normalized spacial score (nSPS) is 18.9. The lowest BCUT2D eigenvalue weighted by atomic mass is 10.2. The van der Waals surface area contributed by atoms with Gasteiger partial charge in [0.15, 0.2) is 15.6 Å². The monoisotopic (exact) mass is 430 g/mol. The predicted octanol–water partition coefficient (Wildman–Crippen LogP) is 0.935. The molecule has 1 unspecified atom stereocenters. The van der Waals surface area contributed by atoms with Crippen LogP contribution in [0.2, 0.25) is 0 Å². The fraction of sp³-hybridized carbons (Fsp3) is 0.556. The third kappa shape index (κ3) is 5.39. The molecule has 1 aliphatic rings. The molecule has 1 aromatic carbocycles. The van der Waals surface area contributed by atoms with Crippen LogP contribution in [0.4, 0.5) is 0 Å². The number of sulfonamides is 1. The summed E-state index contributed by atoms with van der Waals surface area (Å²) in [5.41, 5.74) is 0.434. The van der Waals surface area contributed by atoms with E-state index in [1.165, 1.54) is 47.4 Å². The third-order valence-electron chi connectivity index (χ3n) is 4.98. The Morgan fingerprint density at radius 2 is 1.75 bits per heavy atom. The Labute approximate surface area is 166 Å². The first-order valence-corrected chi connectivity index (χ1v) is 12.2. The van der Waals surface area contributed by atoms with Gasteiger partial charge in [0.25, 0.3) is 0 Å². The molecule has 0 saturated carbocycles. The van der Waals surface area contributed by atoms with Gasteiger partial charge in [-0.15, -0.1) is 0 Å². The number of nitrogens with zero attached hydrogens (tertiary/aromatic N) is 2. The number of carbonyl (C=O) groups is 2. The number of sulfone groups is 1. The molecular weight excluding hydrogens is 404 g/mol. The first-order valence-electron chi connectivity index (χ1n) is 8.97. The van der Waals surface area contributed by atoms with Crippen molar-refractivity contribution in [2.45, 2.75) is 37.1 Å². The molecule has 10 heteroatoms. The van der Waals surface area contributed by atoms with E-state index < -0.39 is 19.9 Å². The molecule has 0 aliphatic carbocycles. The fourth-order valence-corrected chi connectivity index (χ4v) is 6.06. The van der Waals surface area contributed by atoms with Crippen LogP contribution >= 0.6 is 0 Å². The highest BCUT2D eigenvalue weighted by atomic mass is 32.2. The first-order chi connectivity index (χ1) is 12.9. The van der Waals surface area contributed by atoms with Crippen molar-refractivity contribution in [1.29, 1.82) is 0 Å². The summed E-state index contributed by atoms with van der Waals surface area (Å²) in [4.78, 5) is 25.1. The zero-order valence-corrected chi connectivity index (χ0v) is 17.9. The SMILES string of the molecule is CC(=O)c1ccc(S(=O)(=O)N(C)CCCC(=O)N(C)C2CCS(=O)(=O)C2)cc1. The number of hydrogen-bond donors (Lipinski definition) is 0. The molecule has 0 radical (unpaired) electrons. The largest absolute Gasteiger partial charge is 0.342 e. The molecule has 28 heavy (non-hydrogen) atoms. The number of hydrogen-bond acceptors (Lipinski definition) is 6. The molecule has 2 rings (SSSR count). The van der Waals surface area contributed by atoms with Crippen LogP contribution in [0.1, 0.15) is 36.5 Å². The van der Waals surface area contributed by atoms with Gasteiger partial charge in [0.1, 0.15) is 0 Å². The Balaban J connectivity index is 1.89. The lowest BCUT2D eigenvalue weighted by molar-refractivity contribution is -0.131. The molecule has 1 atom stereocenters. The summed E-state index contributed by atoms with van der Waals surface area (Å²) in [6.45, 7) is 1.56. The van der Waals surface area contributed by atoms with Crippen molar-refractivity contribution in [3.63, 3.8) is 0 Å². The number of benzene rings is 1. The summed E-state index contributed by atoms with van der Waals surface area (Å²) in [7, 11) is -3.76. The highest BCUT2D eigenvalue weighted by Crippen LogP contribution is 2.19. The Morgan fingerprint density at radius 3 is 2.25 bits per heavy atom. The zero-order valence-electron chi connectivity index (χ0n) is 16.3. The minimum absolute atomic E-state index is 0.0141. The standard InChI is InChI=1S/C18H26N2O6S2/c1-14(21)15-6-8-17(9-7-15)28(25,26)19(2)11-4-5-18(22)20(3)16-10-12-27(23,24)13-16/h6-9,16H,4-5,10-13H2,1-3H3. The molecule has 1 amide bonds. The van der Waals surface area contributed by atoms with Crippen molar-refractivity contribution in [1.82, 2.24) is 9.21 Å². The lowest BCUT2D eigenvalue weighted by Gasteiger charge is -2.24. The molecule has 1 heterocycles. The molecular formula is C18H26N2O6S2. The van der Waals surface area contributed by atoms with E-state index in [1.807, 2.05) is 0 Å². The van der Waals surface area contributed by atoms with Crippen molar-refractivity contribution in [3.05, 3.63) is 29.8 Å². The second-order valence-corrected chi connectivity index (χ2v) is 11.3. The molecule has 1 fully saturated rings. The van der Waals surface area contributed by atoms with Crippen LogP contribution in [0.25, 0.3) is 0 Å². The second-order valence-electron chi connectivity index (χ2n) is 7.07. The van der Waals surface area contributed by atoms with Crippen LogP contribution in [-0.2, 0) is 24.7 Å². The van der Waals surface area contributed by atoms with E-state index in [2.05, 4.69) is 0 Å². The average Bonchev–Trinajstić information content (AvgIpc) is 3.00. The molecule has 0 N–H and O–H groups in total. The zero-order chi connectivity index (χ0) is 21.1. The molecule has 8 nitrogen and oxygen atoms in total. The van der Waals surface area contributed by atoms with E-state index in [0.717, 1.165) is 0 Å². The minimum atomic E-state index is -3.71. The van der Waals surface area contributed by atoms with Crippen LogP contribution < -0.4 is 0 Å². The Hall–Kier alpha value is -1.78. The maximum absolute atomic E-state index is 12.6. The summed E-state index contributed by atoms with van der Waals surface area (Å²) in [5.74, 6) is -0.257. The van der Waals surface area contributed by atoms with Crippen LogP contribution in [0.15, 0.2) is 29.2 Å². The average molecular weight is 431 g/mol. The quantitative estimate of drug-likeness (QED) is 0.568. The summed E-state index contributed by atoms with van der Waals surface area (Å²) < 4.78 is 49.4. The number of Topliss-reactive ketones (excluding diaryl/α,β-unsaturated/α-hetero) is 1. The first kappa shape index (κ1) is 22.5. The van der Waals surface area contributed by atoms with Crippen molar-refractivity contribution in [2.75, 3.05) is 32.1 Å². The summed E-state index contributed by atoms with van der Waals surface area (Å²) in [6, 6.07) is 5.41. The Kier molecular flexibility index (Phi) is 7.00. The van der Waals surface area contributed by atoms with Crippen molar-refractivity contribution >= 4 is 31.6 Å². The van der Waals surface area contributed by atoms with Crippen molar-refractivity contribution < 1.29 is 26.4 Å². The van der Waals surface area contributed by atoms with Gasteiger partial charge in [0.2, 0.25) is 15.9 Å². The van der Waals surface area contributed by atoms with Gasteiger partial charge < -0.3 is 4.90 Å². The molecule has 0 spiro atoms. The van der Waals surface area contributed by atoms with Crippen molar-refractivity contribution in [3.8, 4) is 0 Å². The van der Waals surface area contributed by atoms with Gasteiger partial charge in [-0.2, -0.15) is 0 Å². The van der Waals surface area contributed by atoms with Crippen LogP contribution in [0.3, 0.4) is 0 Å². The Bertz CT molecular complexity index is 939. The molecule has 1 saturated heterocycles. The van der Waals surface area contributed by atoms with Gasteiger partial charge in [-0.1, -0.05) is 12.1 Å². The van der Waals surface area contributed by atoms with E-state index in [-0.39, 0.29) is 47.1 Å². The number of carbonyl (C=O) groups excluding carboxylic acids is 2. The fourth-order valence-electron chi connectivity index (χ4n) is 3.08. The maximum Gasteiger partial charge on any atom is 0.242 e. The van der Waals surface area contributed by atoms with E-state index in [1.54, 1.807) is 7.05 Å². The molecule has 1 aromatic rings. The van der Waals surface area contributed by atoms with Gasteiger partial charge in [0, 0.05) is 38.7 Å². The molecule has 1 aliphatic heterocycles. The van der Waals surface area contributed by atoms with E-state index >= 15 is 0 Å². The van der Waals surface area contributed by atoms with Gasteiger partial charge in [-0.05, 0) is 31.9 Å². The second kappa shape index (κ2) is 8.71. The van der Waals surface area contributed by atoms with Crippen LogP contribution in [0, 0.1) is 0 Å². The third-order valence-corrected chi connectivity index (χ3v) is 8.60. The molecule has 156 valence electrons.